The lowest BCUT2D eigenvalue weighted by atomic mass is 10.1. The number of hydrogen-bond donors (Lipinski definition) is 3. The van der Waals surface area contributed by atoms with E-state index in [2.05, 4.69) is 25.6 Å². The molecule has 5 aromatic rings. The van der Waals surface area contributed by atoms with Gasteiger partial charge in [0.1, 0.15) is 6.33 Å². The number of rotatable bonds is 4. The zero-order chi connectivity index (χ0) is 29.5. The van der Waals surface area contributed by atoms with Crippen molar-refractivity contribution in [3.63, 3.8) is 0 Å². The Kier molecular flexibility index (Phi) is 7.12. The van der Waals surface area contributed by atoms with Crippen LogP contribution in [0.15, 0.2) is 55.0 Å². The molecule has 6 rings (SSSR count). The lowest BCUT2D eigenvalue weighted by Crippen LogP contribution is -2.26. The van der Waals surface area contributed by atoms with Crippen molar-refractivity contribution in [3.8, 4) is 5.82 Å². The molecule has 0 saturated heterocycles. The highest BCUT2D eigenvalue weighted by Crippen LogP contribution is 2.32. The van der Waals surface area contributed by atoms with Gasteiger partial charge >= 0.3 is 12.1 Å². The molecule has 4 heterocycles. The van der Waals surface area contributed by atoms with Gasteiger partial charge in [0.05, 0.1) is 29.0 Å². The van der Waals surface area contributed by atoms with Crippen LogP contribution in [0.3, 0.4) is 0 Å². The SMILES string of the molecule is CS(=O)(=O)n1c2c(c3cc(Nc4ncc(F)c(-n5cnc6ccccc65)n4)ccc31)CNCC2.O=C(O)C(F)(F)F. The summed E-state index contributed by atoms with van der Waals surface area (Å²) in [4.78, 5) is 21.7. The van der Waals surface area contributed by atoms with Crippen LogP contribution in [0, 0.1) is 5.82 Å². The monoisotopic (exact) mass is 591 g/mol. The predicted octanol–water partition coefficient (Wildman–Crippen LogP) is 3.74. The summed E-state index contributed by atoms with van der Waals surface area (Å²) < 4.78 is 74.4. The van der Waals surface area contributed by atoms with E-state index >= 15 is 0 Å². The maximum atomic E-state index is 14.6. The lowest BCUT2D eigenvalue weighted by Gasteiger charge is -2.15. The highest BCUT2D eigenvalue weighted by molar-refractivity contribution is 7.89. The van der Waals surface area contributed by atoms with Crippen LogP contribution in [0.4, 0.5) is 29.2 Å². The number of aromatic nitrogens is 5. The van der Waals surface area contributed by atoms with Gasteiger partial charge in [0.2, 0.25) is 16.0 Å². The number of para-hydroxylation sites is 2. The summed E-state index contributed by atoms with van der Waals surface area (Å²) in [6, 6.07) is 12.8. The molecule has 3 aromatic heterocycles. The standard InChI is InChI=1S/C23H20FN7O2S.C2HF3O2/c1-34(32,33)31-19-7-6-14(10-15(19)16-11-25-9-8-20(16)31)28-23-26-12-17(24)22(29-23)30-13-27-18-4-2-3-5-21(18)30;3-2(4,5)1(6)7/h2-7,10,12-13,25H,8-9,11H2,1H3,(H,26,28,29);(H,6,7). The van der Waals surface area contributed by atoms with E-state index in [1.165, 1.54) is 16.6 Å². The smallest absolute Gasteiger partial charge is 0.475 e. The van der Waals surface area contributed by atoms with E-state index in [0.29, 0.717) is 24.2 Å². The van der Waals surface area contributed by atoms with Crippen molar-refractivity contribution in [2.45, 2.75) is 19.1 Å². The molecule has 16 heteroatoms. The Hall–Kier alpha value is -4.57. The number of hydrogen-bond acceptors (Lipinski definition) is 8. The third-order valence-corrected chi connectivity index (χ3v) is 7.29. The van der Waals surface area contributed by atoms with Gasteiger partial charge < -0.3 is 15.7 Å². The highest BCUT2D eigenvalue weighted by atomic mass is 32.2. The number of halogens is 4. The summed E-state index contributed by atoms with van der Waals surface area (Å²) in [5.41, 5.74) is 4.52. The summed E-state index contributed by atoms with van der Waals surface area (Å²) in [7, 11) is -3.46. The zero-order valence-electron chi connectivity index (χ0n) is 21.1. The molecule has 0 fully saturated rings. The second-order valence-corrected chi connectivity index (χ2v) is 10.8. The normalized spacial score (nSPS) is 13.5. The first-order valence-electron chi connectivity index (χ1n) is 11.9. The average molecular weight is 592 g/mol. The van der Waals surface area contributed by atoms with E-state index in [9.17, 15) is 26.0 Å². The summed E-state index contributed by atoms with van der Waals surface area (Å²) in [5.74, 6) is -3.04. The molecular formula is C25H21F4N7O4S. The van der Waals surface area contributed by atoms with Crippen LogP contribution in [-0.4, -0.2) is 62.0 Å². The van der Waals surface area contributed by atoms with Crippen LogP contribution in [0.5, 0.6) is 0 Å². The molecule has 2 aromatic carbocycles. The van der Waals surface area contributed by atoms with Gasteiger partial charge in [-0.05, 0) is 35.9 Å². The minimum absolute atomic E-state index is 0.0806. The number of carboxylic acid groups (broad SMARTS) is 1. The van der Waals surface area contributed by atoms with Crippen molar-refractivity contribution >= 4 is 49.6 Å². The van der Waals surface area contributed by atoms with Crippen molar-refractivity contribution in [1.82, 2.24) is 28.8 Å². The van der Waals surface area contributed by atoms with Crippen LogP contribution in [-0.2, 0) is 27.8 Å². The van der Waals surface area contributed by atoms with Gasteiger partial charge in [-0.25, -0.2) is 31.5 Å². The number of carboxylic acids is 1. The van der Waals surface area contributed by atoms with Crippen LogP contribution in [0.25, 0.3) is 27.8 Å². The predicted molar refractivity (Wildman–Crippen MR) is 141 cm³/mol. The van der Waals surface area contributed by atoms with Crippen molar-refractivity contribution in [1.29, 1.82) is 0 Å². The summed E-state index contributed by atoms with van der Waals surface area (Å²) in [5, 5.41) is 14.4. The number of anilines is 2. The van der Waals surface area contributed by atoms with Gasteiger partial charge in [-0.1, -0.05) is 12.1 Å². The number of alkyl halides is 3. The molecule has 0 atom stereocenters. The Morgan fingerprint density at radius 2 is 1.85 bits per heavy atom. The van der Waals surface area contributed by atoms with Gasteiger partial charge in [-0.3, -0.25) is 4.57 Å². The second kappa shape index (κ2) is 10.4. The molecule has 41 heavy (non-hydrogen) atoms. The fraction of sp³-hybridized carbons (Fsp3) is 0.200. The number of benzene rings is 2. The molecule has 0 amide bonds. The highest BCUT2D eigenvalue weighted by Gasteiger charge is 2.38. The van der Waals surface area contributed by atoms with Crippen LogP contribution in [0.2, 0.25) is 0 Å². The molecule has 3 N–H and O–H groups in total. The van der Waals surface area contributed by atoms with E-state index in [0.717, 1.165) is 40.4 Å². The van der Waals surface area contributed by atoms with Gasteiger partial charge in [0.15, 0.2) is 11.6 Å². The fourth-order valence-corrected chi connectivity index (χ4v) is 5.67. The maximum absolute atomic E-state index is 14.6. The summed E-state index contributed by atoms with van der Waals surface area (Å²) >= 11 is 0. The first-order valence-corrected chi connectivity index (χ1v) is 13.8. The van der Waals surface area contributed by atoms with Gasteiger partial charge in [-0.2, -0.15) is 18.2 Å². The third kappa shape index (κ3) is 5.55. The average Bonchev–Trinajstić information content (AvgIpc) is 3.49. The minimum atomic E-state index is -5.08. The van der Waals surface area contributed by atoms with Crippen LogP contribution >= 0.6 is 0 Å². The van der Waals surface area contributed by atoms with Crippen molar-refractivity contribution in [3.05, 3.63) is 72.1 Å². The van der Waals surface area contributed by atoms with E-state index in [-0.39, 0.29) is 11.8 Å². The number of imidazole rings is 1. The molecule has 0 saturated carbocycles. The first kappa shape index (κ1) is 28.0. The summed E-state index contributed by atoms with van der Waals surface area (Å²) in [6.45, 7) is 1.31. The number of fused-ring (bicyclic) bond motifs is 4. The number of nitrogens with zero attached hydrogens (tertiary/aromatic N) is 5. The number of aliphatic carboxylic acids is 1. The molecule has 0 radical (unpaired) electrons. The molecule has 0 aliphatic carbocycles. The fourth-order valence-electron chi connectivity index (χ4n) is 4.55. The van der Waals surface area contributed by atoms with E-state index < -0.39 is 28.0 Å². The maximum Gasteiger partial charge on any atom is 0.490 e. The lowest BCUT2D eigenvalue weighted by molar-refractivity contribution is -0.192. The molecule has 0 unspecified atom stereocenters. The third-order valence-electron chi connectivity index (χ3n) is 6.21. The van der Waals surface area contributed by atoms with Gasteiger partial charge in [0, 0.05) is 36.3 Å². The molecule has 0 bridgehead atoms. The van der Waals surface area contributed by atoms with Crippen LogP contribution in [0.1, 0.15) is 11.3 Å². The van der Waals surface area contributed by atoms with Crippen molar-refractivity contribution < 1.29 is 35.9 Å². The summed E-state index contributed by atoms with van der Waals surface area (Å²) in [6.07, 6.45) is -0.596. The largest absolute Gasteiger partial charge is 0.490 e. The van der Waals surface area contributed by atoms with Gasteiger partial charge in [-0.15, -0.1) is 0 Å². The number of carbonyl (C=O) groups is 1. The Morgan fingerprint density at radius 1 is 1.12 bits per heavy atom. The molecule has 1 aliphatic heterocycles. The number of nitrogens with one attached hydrogen (secondary N) is 2. The molecule has 0 spiro atoms. The van der Waals surface area contributed by atoms with Crippen molar-refractivity contribution in [2.75, 3.05) is 18.1 Å². The Morgan fingerprint density at radius 3 is 2.56 bits per heavy atom. The van der Waals surface area contributed by atoms with E-state index in [4.69, 9.17) is 9.90 Å². The minimum Gasteiger partial charge on any atom is -0.475 e. The van der Waals surface area contributed by atoms with Crippen LogP contribution < -0.4 is 10.6 Å². The zero-order valence-corrected chi connectivity index (χ0v) is 22.0. The van der Waals surface area contributed by atoms with Gasteiger partial charge in [0.25, 0.3) is 0 Å². The molecule has 214 valence electrons. The molecule has 1 aliphatic rings. The molecule has 11 nitrogen and oxygen atoms in total. The second-order valence-electron chi connectivity index (χ2n) is 9.01. The van der Waals surface area contributed by atoms with Crippen molar-refractivity contribution in [2.24, 2.45) is 0 Å². The Bertz CT molecular complexity index is 1900. The quantitative estimate of drug-likeness (QED) is 0.266. The Labute approximate surface area is 229 Å². The molecular weight excluding hydrogens is 570 g/mol. The topological polar surface area (TPSA) is 144 Å². The van der Waals surface area contributed by atoms with E-state index in [1.54, 1.807) is 16.7 Å². The first-order chi connectivity index (χ1) is 19.3. The Balaban J connectivity index is 0.000000431. The van der Waals surface area contributed by atoms with E-state index in [1.807, 2.05) is 30.3 Å².